The van der Waals surface area contributed by atoms with Gasteiger partial charge in [-0.1, -0.05) is 12.1 Å². The molecule has 2 rings (SSSR count). The van der Waals surface area contributed by atoms with Gasteiger partial charge in [-0.15, -0.1) is 5.10 Å². The maximum atomic E-state index is 13.1. The number of hydrogen-bond acceptors (Lipinski definition) is 3. The molecule has 3 N–H and O–H groups in total. The lowest BCUT2D eigenvalue weighted by molar-refractivity contribution is 0.604. The number of rotatable bonds is 2. The van der Waals surface area contributed by atoms with Crippen LogP contribution in [0.1, 0.15) is 18.5 Å². The lowest BCUT2D eigenvalue weighted by atomic mass is 10.1. The van der Waals surface area contributed by atoms with E-state index in [-0.39, 0.29) is 11.9 Å². The summed E-state index contributed by atoms with van der Waals surface area (Å²) >= 11 is 5.05. The number of H-pyrrole nitrogens is 1. The molecule has 1 aromatic heterocycles. The van der Waals surface area contributed by atoms with E-state index < -0.39 is 0 Å². The molecule has 1 aromatic carbocycles. The fraction of sp³-hybridized carbons (Fsp3) is 0.200. The van der Waals surface area contributed by atoms with Gasteiger partial charge in [0, 0.05) is 0 Å². The van der Waals surface area contributed by atoms with Gasteiger partial charge in [-0.3, -0.25) is 4.57 Å². The van der Waals surface area contributed by atoms with Crippen LogP contribution in [-0.2, 0) is 0 Å². The molecule has 0 bridgehead atoms. The molecule has 0 fully saturated rings. The van der Waals surface area contributed by atoms with Crippen LogP contribution in [0, 0.1) is 10.6 Å². The highest BCUT2D eigenvalue weighted by Crippen LogP contribution is 2.20. The van der Waals surface area contributed by atoms with Crippen molar-refractivity contribution in [3.05, 3.63) is 40.4 Å². The van der Waals surface area contributed by atoms with Crippen LogP contribution in [-0.4, -0.2) is 14.8 Å². The number of nitrogens with one attached hydrogen (secondary N) is 1. The van der Waals surface area contributed by atoms with E-state index >= 15 is 0 Å². The number of aromatic amines is 1. The predicted octanol–water partition coefficient (Wildman–Crippen LogP) is 2.27. The fourth-order valence-corrected chi connectivity index (χ4v) is 1.90. The summed E-state index contributed by atoms with van der Waals surface area (Å²) in [6.07, 6.45) is 0. The van der Waals surface area contributed by atoms with Gasteiger partial charge in [0.05, 0.1) is 6.04 Å². The summed E-state index contributed by atoms with van der Waals surface area (Å²) in [5.41, 5.74) is 6.47. The van der Waals surface area contributed by atoms with Gasteiger partial charge >= 0.3 is 0 Å². The predicted molar refractivity (Wildman–Crippen MR) is 62.0 cm³/mol. The summed E-state index contributed by atoms with van der Waals surface area (Å²) < 4.78 is 15.1. The van der Waals surface area contributed by atoms with Crippen LogP contribution < -0.4 is 5.73 Å². The van der Waals surface area contributed by atoms with Crippen molar-refractivity contribution in [1.82, 2.24) is 14.8 Å². The quantitative estimate of drug-likeness (QED) is 0.789. The Bertz CT molecular complexity index is 560. The van der Waals surface area contributed by atoms with E-state index in [4.69, 9.17) is 18.0 Å². The number of nitrogen functional groups attached to an aromatic ring is 1. The Labute approximate surface area is 96.9 Å². The zero-order valence-electron chi connectivity index (χ0n) is 8.64. The minimum atomic E-state index is -0.280. The van der Waals surface area contributed by atoms with E-state index in [0.29, 0.717) is 10.7 Å². The lowest BCUT2D eigenvalue weighted by Crippen LogP contribution is -2.10. The van der Waals surface area contributed by atoms with Crippen LogP contribution in [0.3, 0.4) is 0 Å². The van der Waals surface area contributed by atoms with Crippen molar-refractivity contribution in [3.63, 3.8) is 0 Å². The van der Waals surface area contributed by atoms with Crippen molar-refractivity contribution in [2.24, 2.45) is 0 Å². The third-order valence-corrected chi connectivity index (χ3v) is 2.74. The minimum Gasteiger partial charge on any atom is -0.368 e. The summed E-state index contributed by atoms with van der Waals surface area (Å²) in [5.74, 6) is 0.0136. The van der Waals surface area contributed by atoms with Crippen LogP contribution in [0.15, 0.2) is 24.3 Å². The highest BCUT2D eigenvalue weighted by molar-refractivity contribution is 7.71. The van der Waals surface area contributed by atoms with Gasteiger partial charge in [-0.2, -0.15) is 0 Å². The van der Waals surface area contributed by atoms with E-state index in [0.717, 1.165) is 5.56 Å². The molecule has 1 atom stereocenters. The summed E-state index contributed by atoms with van der Waals surface area (Å²) in [6, 6.07) is 6.18. The molecule has 0 amide bonds. The van der Waals surface area contributed by atoms with Crippen LogP contribution in [0.25, 0.3) is 0 Å². The third-order valence-electron chi connectivity index (χ3n) is 2.45. The van der Waals surface area contributed by atoms with Crippen molar-refractivity contribution in [1.29, 1.82) is 0 Å². The highest BCUT2D eigenvalue weighted by atomic mass is 32.1. The standard InChI is InChI=1S/C10H11FN4S/c1-6(7-3-2-4-8(11)5-7)15-9(12)13-14-10(15)16/h2-6H,1H3,(H2,12,13)(H,14,16). The Kier molecular flexibility index (Phi) is 2.74. The summed E-state index contributed by atoms with van der Waals surface area (Å²) in [6.45, 7) is 1.89. The first-order valence-electron chi connectivity index (χ1n) is 4.77. The van der Waals surface area contributed by atoms with Crippen LogP contribution in [0.4, 0.5) is 10.3 Å². The van der Waals surface area contributed by atoms with Crippen molar-refractivity contribution in [2.75, 3.05) is 5.73 Å². The summed E-state index contributed by atoms with van der Waals surface area (Å²) in [4.78, 5) is 0. The van der Waals surface area contributed by atoms with Gasteiger partial charge in [0.15, 0.2) is 4.77 Å². The Morgan fingerprint density at radius 3 is 2.88 bits per heavy atom. The zero-order chi connectivity index (χ0) is 11.7. The molecule has 0 aliphatic heterocycles. The van der Waals surface area contributed by atoms with E-state index in [9.17, 15) is 4.39 Å². The summed E-state index contributed by atoms with van der Waals surface area (Å²) in [5, 5.41) is 6.41. The molecule has 0 saturated carbocycles. The Balaban J connectivity index is 2.47. The first-order valence-corrected chi connectivity index (χ1v) is 5.18. The molecule has 16 heavy (non-hydrogen) atoms. The zero-order valence-corrected chi connectivity index (χ0v) is 9.46. The number of nitrogens with two attached hydrogens (primary N) is 1. The Hall–Kier alpha value is -1.69. The normalized spacial score (nSPS) is 12.6. The molecule has 84 valence electrons. The SMILES string of the molecule is CC(c1cccc(F)c1)n1c(N)n[nH]c1=S. The number of benzene rings is 1. The summed E-state index contributed by atoms with van der Waals surface area (Å²) in [7, 11) is 0. The lowest BCUT2D eigenvalue weighted by Gasteiger charge is -2.14. The monoisotopic (exact) mass is 238 g/mol. The van der Waals surface area contributed by atoms with Crippen LogP contribution >= 0.6 is 12.2 Å². The van der Waals surface area contributed by atoms with Crippen molar-refractivity contribution in [2.45, 2.75) is 13.0 Å². The number of nitrogens with zero attached hydrogens (tertiary/aromatic N) is 2. The van der Waals surface area contributed by atoms with Gasteiger partial charge in [0.25, 0.3) is 0 Å². The molecule has 0 spiro atoms. The maximum absolute atomic E-state index is 13.1. The third kappa shape index (κ3) is 1.83. The molecule has 0 saturated heterocycles. The largest absolute Gasteiger partial charge is 0.368 e. The van der Waals surface area contributed by atoms with E-state index in [1.807, 2.05) is 13.0 Å². The molecule has 0 aliphatic carbocycles. The van der Waals surface area contributed by atoms with Gasteiger partial charge in [0.2, 0.25) is 5.95 Å². The first-order chi connectivity index (χ1) is 7.59. The number of anilines is 1. The molecule has 6 heteroatoms. The second-order valence-electron chi connectivity index (χ2n) is 3.49. The van der Waals surface area contributed by atoms with Gasteiger partial charge in [-0.25, -0.2) is 9.49 Å². The van der Waals surface area contributed by atoms with Crippen molar-refractivity contribution >= 4 is 18.2 Å². The van der Waals surface area contributed by atoms with Gasteiger partial charge in [0.1, 0.15) is 5.82 Å². The molecule has 1 unspecified atom stereocenters. The first kappa shape index (κ1) is 10.8. The average Bonchev–Trinajstić information content (AvgIpc) is 2.58. The smallest absolute Gasteiger partial charge is 0.221 e. The molecule has 1 heterocycles. The topological polar surface area (TPSA) is 59.6 Å². The Morgan fingerprint density at radius 1 is 1.56 bits per heavy atom. The van der Waals surface area contributed by atoms with Crippen molar-refractivity contribution < 1.29 is 4.39 Å². The fourth-order valence-electron chi connectivity index (χ4n) is 1.61. The van der Waals surface area contributed by atoms with E-state index in [1.54, 1.807) is 10.6 Å². The molecule has 4 nitrogen and oxygen atoms in total. The average molecular weight is 238 g/mol. The van der Waals surface area contributed by atoms with Crippen molar-refractivity contribution in [3.8, 4) is 0 Å². The van der Waals surface area contributed by atoms with E-state index in [2.05, 4.69) is 10.2 Å². The maximum Gasteiger partial charge on any atom is 0.221 e. The van der Waals surface area contributed by atoms with Gasteiger partial charge < -0.3 is 5.73 Å². The minimum absolute atomic E-state index is 0.151. The Morgan fingerprint density at radius 2 is 2.31 bits per heavy atom. The number of hydrogen-bond donors (Lipinski definition) is 2. The number of aromatic nitrogens is 3. The van der Waals surface area contributed by atoms with E-state index in [1.165, 1.54) is 12.1 Å². The molecule has 2 aromatic rings. The second kappa shape index (κ2) is 4.05. The number of halogens is 1. The molecular formula is C10H11FN4S. The van der Waals surface area contributed by atoms with Crippen LogP contribution in [0.5, 0.6) is 0 Å². The molecular weight excluding hydrogens is 227 g/mol. The second-order valence-corrected chi connectivity index (χ2v) is 3.87. The van der Waals surface area contributed by atoms with Gasteiger partial charge in [-0.05, 0) is 36.8 Å². The van der Waals surface area contributed by atoms with Crippen LogP contribution in [0.2, 0.25) is 0 Å². The molecule has 0 aliphatic rings. The highest BCUT2D eigenvalue weighted by Gasteiger charge is 2.12. The molecule has 0 radical (unpaired) electrons.